The molecule has 0 atom stereocenters. The lowest BCUT2D eigenvalue weighted by atomic mass is 10.1. The average Bonchev–Trinajstić information content (AvgIpc) is 2.75. The van der Waals surface area contributed by atoms with Gasteiger partial charge in [0.1, 0.15) is 22.3 Å². The molecule has 0 radical (unpaired) electrons. The van der Waals surface area contributed by atoms with Crippen LogP contribution < -0.4 is 9.50 Å². The molecule has 3 aromatic carbocycles. The Balaban J connectivity index is 1.93. The van der Waals surface area contributed by atoms with Crippen LogP contribution in [-0.4, -0.2) is 14.3 Å². The Bertz CT molecular complexity index is 1330. The van der Waals surface area contributed by atoms with E-state index in [1.807, 2.05) is 6.07 Å². The van der Waals surface area contributed by atoms with Gasteiger partial charge in [0, 0.05) is 25.8 Å². The molecule has 0 unspecified atom stereocenters. The monoisotopic (exact) mass is 550 g/mol. The van der Waals surface area contributed by atoms with Gasteiger partial charge in [-0.25, -0.2) is 0 Å². The van der Waals surface area contributed by atoms with E-state index in [1.54, 1.807) is 30.3 Å². The average molecular weight is 552 g/mol. The van der Waals surface area contributed by atoms with Crippen LogP contribution in [0.2, 0.25) is 10.0 Å². The van der Waals surface area contributed by atoms with E-state index in [4.69, 9.17) is 27.4 Å². The third-order valence-electron chi connectivity index (χ3n) is 4.04. The van der Waals surface area contributed by atoms with Crippen LogP contribution in [0.25, 0.3) is 6.08 Å². The van der Waals surface area contributed by atoms with E-state index >= 15 is 0 Å². The molecule has 0 fully saturated rings. The number of carbonyl (C=O) groups excluding carboxylic acids is 1. The molecular formula is C22H13BrCl2N2O4S. The fraction of sp³-hybridized carbons (Fsp3) is 0. The van der Waals surface area contributed by atoms with E-state index in [2.05, 4.69) is 21.2 Å². The molecule has 6 nitrogen and oxygen atoms in total. The summed E-state index contributed by atoms with van der Waals surface area (Å²) in [5, 5.41) is 12.9. The van der Waals surface area contributed by atoms with Crippen LogP contribution in [0.5, 0.6) is 5.75 Å². The molecule has 0 bridgehead atoms. The van der Waals surface area contributed by atoms with Crippen LogP contribution in [0.4, 0.5) is 5.69 Å². The van der Waals surface area contributed by atoms with E-state index in [9.17, 15) is 18.5 Å². The maximum Gasteiger partial charge on any atom is 0.339 e. The smallest absolute Gasteiger partial charge is 0.339 e. The predicted octanol–water partition coefficient (Wildman–Crippen LogP) is 6.07. The van der Waals surface area contributed by atoms with Crippen molar-refractivity contribution in [2.24, 2.45) is 0 Å². The summed E-state index contributed by atoms with van der Waals surface area (Å²) in [6, 6.07) is 18.2. The van der Waals surface area contributed by atoms with Crippen LogP contribution >= 0.6 is 39.1 Å². The molecule has 0 aromatic heterocycles. The number of hydrogen-bond donors (Lipinski definition) is 1. The van der Waals surface area contributed by atoms with Gasteiger partial charge in [-0.15, -0.1) is 0 Å². The van der Waals surface area contributed by atoms with Gasteiger partial charge in [-0.1, -0.05) is 39.1 Å². The van der Waals surface area contributed by atoms with E-state index in [-0.39, 0.29) is 21.8 Å². The Kier molecular flexibility index (Phi) is 7.59. The lowest BCUT2D eigenvalue weighted by Crippen LogP contribution is -2.14. The number of rotatable bonds is 6. The molecule has 162 valence electrons. The number of hydrogen-bond acceptors (Lipinski definition) is 5. The highest BCUT2D eigenvalue weighted by Gasteiger charge is 2.19. The number of halogens is 3. The Hall–Kier alpha value is -2.83. The molecule has 1 N–H and O–H groups in total. The number of carbonyl (C=O) groups is 1. The summed E-state index contributed by atoms with van der Waals surface area (Å²) in [6.45, 7) is 0. The molecule has 0 spiro atoms. The zero-order valence-corrected chi connectivity index (χ0v) is 20.0. The summed E-state index contributed by atoms with van der Waals surface area (Å²) in [7, 11) is -4.18. The predicted molar refractivity (Wildman–Crippen MR) is 127 cm³/mol. The fourth-order valence-corrected chi connectivity index (χ4v) is 4.10. The van der Waals surface area contributed by atoms with Crippen molar-refractivity contribution in [3.63, 3.8) is 0 Å². The van der Waals surface area contributed by atoms with Crippen molar-refractivity contribution < 1.29 is 17.4 Å². The van der Waals surface area contributed by atoms with Crippen molar-refractivity contribution in [3.05, 3.63) is 92.4 Å². The Morgan fingerprint density at radius 2 is 1.59 bits per heavy atom. The quantitative estimate of drug-likeness (QED) is 0.228. The maximum absolute atomic E-state index is 12.7. The Labute approximate surface area is 203 Å². The fourth-order valence-electron chi connectivity index (χ4n) is 2.51. The molecule has 3 aromatic rings. The van der Waals surface area contributed by atoms with Gasteiger partial charge in [-0.2, -0.15) is 13.7 Å². The van der Waals surface area contributed by atoms with Gasteiger partial charge in [0.2, 0.25) is 0 Å². The third-order valence-corrected chi connectivity index (χ3v) is 6.29. The van der Waals surface area contributed by atoms with E-state index < -0.39 is 16.0 Å². The highest BCUT2D eigenvalue weighted by atomic mass is 79.9. The minimum Gasteiger partial charge on any atom is -0.378 e. The lowest BCUT2D eigenvalue weighted by Gasteiger charge is -2.11. The summed E-state index contributed by atoms with van der Waals surface area (Å²) in [6.07, 6.45) is 1.24. The molecule has 0 aliphatic rings. The van der Waals surface area contributed by atoms with E-state index in [0.717, 1.165) is 0 Å². The first kappa shape index (κ1) is 23.8. The summed E-state index contributed by atoms with van der Waals surface area (Å²) >= 11 is 14.9. The second-order valence-corrected chi connectivity index (χ2v) is 9.64. The van der Waals surface area contributed by atoms with Gasteiger partial charge in [-0.3, -0.25) is 4.79 Å². The third kappa shape index (κ3) is 6.11. The SMILES string of the molecule is N#C/C(=C\c1cc(Br)ccc1OS(=O)(=O)c1ccc(Cl)cc1)C(=O)Nc1ccc(Cl)cc1. The Morgan fingerprint density at radius 3 is 2.19 bits per heavy atom. The summed E-state index contributed by atoms with van der Waals surface area (Å²) in [5.41, 5.74) is 0.392. The normalized spacial score (nSPS) is 11.5. The van der Waals surface area contributed by atoms with Crippen molar-refractivity contribution in [2.75, 3.05) is 5.32 Å². The highest BCUT2D eigenvalue weighted by Crippen LogP contribution is 2.29. The molecule has 0 saturated heterocycles. The van der Waals surface area contributed by atoms with Crippen LogP contribution in [0.3, 0.4) is 0 Å². The van der Waals surface area contributed by atoms with Gasteiger partial charge in [-0.05, 0) is 72.8 Å². The van der Waals surface area contributed by atoms with Crippen molar-refractivity contribution in [1.29, 1.82) is 5.26 Å². The first-order chi connectivity index (χ1) is 15.2. The minimum atomic E-state index is -4.18. The lowest BCUT2D eigenvalue weighted by molar-refractivity contribution is -0.112. The first-order valence-corrected chi connectivity index (χ1v) is 11.8. The van der Waals surface area contributed by atoms with E-state index in [1.165, 1.54) is 42.5 Å². The van der Waals surface area contributed by atoms with Gasteiger partial charge in [0.15, 0.2) is 0 Å². The number of amides is 1. The van der Waals surface area contributed by atoms with Crippen molar-refractivity contribution in [2.45, 2.75) is 4.90 Å². The number of anilines is 1. The summed E-state index contributed by atoms with van der Waals surface area (Å²) < 4.78 is 31.2. The molecule has 10 heteroatoms. The molecular weight excluding hydrogens is 539 g/mol. The van der Waals surface area contributed by atoms with Crippen LogP contribution in [0, 0.1) is 11.3 Å². The van der Waals surface area contributed by atoms with Crippen molar-refractivity contribution in [1.82, 2.24) is 0 Å². The molecule has 0 aliphatic heterocycles. The van der Waals surface area contributed by atoms with Gasteiger partial charge in [0.05, 0.1) is 0 Å². The number of nitriles is 1. The topological polar surface area (TPSA) is 96.3 Å². The standard InChI is InChI=1S/C22H13BrCl2N2O4S/c23-16-1-10-21(31-32(29,30)20-8-4-18(25)5-9-20)14(12-16)11-15(13-26)22(28)27-19-6-2-17(24)3-7-19/h1-12H,(H,27,28)/b15-11+. The van der Waals surface area contributed by atoms with Crippen LogP contribution in [0.1, 0.15) is 5.56 Å². The highest BCUT2D eigenvalue weighted by molar-refractivity contribution is 9.10. The first-order valence-electron chi connectivity index (χ1n) is 8.86. The number of benzene rings is 3. The van der Waals surface area contributed by atoms with Gasteiger partial charge in [0.25, 0.3) is 5.91 Å². The molecule has 0 aliphatic carbocycles. The maximum atomic E-state index is 12.7. The zero-order chi connectivity index (χ0) is 23.3. The molecule has 0 heterocycles. The second kappa shape index (κ2) is 10.2. The molecule has 32 heavy (non-hydrogen) atoms. The van der Waals surface area contributed by atoms with Gasteiger partial charge >= 0.3 is 10.1 Å². The summed E-state index contributed by atoms with van der Waals surface area (Å²) in [5.74, 6) is -0.739. The Morgan fingerprint density at radius 1 is 1.00 bits per heavy atom. The molecule has 1 amide bonds. The minimum absolute atomic E-state index is 0.0600. The zero-order valence-electron chi connectivity index (χ0n) is 16.1. The largest absolute Gasteiger partial charge is 0.378 e. The molecule has 0 saturated carbocycles. The van der Waals surface area contributed by atoms with Crippen molar-refractivity contribution >= 4 is 66.9 Å². The van der Waals surface area contributed by atoms with Gasteiger partial charge < -0.3 is 9.50 Å². The second-order valence-electron chi connectivity index (χ2n) is 6.30. The number of nitrogens with one attached hydrogen (secondary N) is 1. The number of nitrogens with zero attached hydrogens (tertiary/aromatic N) is 1. The summed E-state index contributed by atoms with van der Waals surface area (Å²) in [4.78, 5) is 12.5. The van der Waals surface area contributed by atoms with Crippen LogP contribution in [-0.2, 0) is 14.9 Å². The molecule has 3 rings (SSSR count). The van der Waals surface area contributed by atoms with Crippen LogP contribution in [0.15, 0.2) is 81.7 Å². The van der Waals surface area contributed by atoms with Crippen molar-refractivity contribution in [3.8, 4) is 11.8 Å². The van der Waals surface area contributed by atoms with E-state index in [0.29, 0.717) is 20.2 Å².